The highest BCUT2D eigenvalue weighted by Gasteiger charge is 2.43. The zero-order valence-corrected chi connectivity index (χ0v) is 12.5. The molecule has 1 atom stereocenters. The molecule has 3 amide bonds. The van der Waals surface area contributed by atoms with Crippen LogP contribution in [0.25, 0.3) is 0 Å². The van der Waals surface area contributed by atoms with Gasteiger partial charge in [0.05, 0.1) is 11.6 Å². The largest absolute Gasteiger partial charge is 0.337 e. The Morgan fingerprint density at radius 3 is 2.65 bits per heavy atom. The van der Waals surface area contributed by atoms with E-state index in [9.17, 15) is 9.59 Å². The lowest BCUT2D eigenvalue weighted by Gasteiger charge is -2.42. The molecule has 0 aromatic rings. The zero-order chi connectivity index (χ0) is 13.5. The third-order valence-corrected chi connectivity index (χ3v) is 4.69. The van der Waals surface area contributed by atoms with Crippen LogP contribution in [-0.2, 0) is 4.79 Å². The van der Waals surface area contributed by atoms with E-state index < -0.39 is 5.54 Å². The Labute approximate surface area is 125 Å². The molecule has 3 fully saturated rings. The van der Waals surface area contributed by atoms with Crippen LogP contribution in [-0.4, -0.2) is 59.5 Å². The van der Waals surface area contributed by atoms with Gasteiger partial charge in [0.1, 0.15) is 0 Å². The second-order valence-electron chi connectivity index (χ2n) is 6.00. The van der Waals surface area contributed by atoms with E-state index in [2.05, 4.69) is 5.32 Å². The number of halogens is 1. The van der Waals surface area contributed by atoms with Crippen molar-refractivity contribution < 1.29 is 9.59 Å². The Hall–Kier alpha value is -1.01. The van der Waals surface area contributed by atoms with Gasteiger partial charge in [0.15, 0.2) is 0 Å². The lowest BCUT2D eigenvalue weighted by molar-refractivity contribution is -0.140. The molecule has 1 saturated carbocycles. The SMILES string of the molecule is Cl.NC1(C(=O)N2CCN3C(=O)NCC3C2)CCCCC1. The fraction of sp³-hybridized carbons (Fsp3) is 0.846. The molecule has 2 heterocycles. The molecule has 0 aromatic heterocycles. The number of amides is 3. The predicted octanol–water partition coefficient (Wildman–Crippen LogP) is 0.306. The minimum absolute atomic E-state index is 0. The lowest BCUT2D eigenvalue weighted by Crippen LogP contribution is -2.62. The van der Waals surface area contributed by atoms with E-state index in [-0.39, 0.29) is 30.4 Å². The molecule has 6 nitrogen and oxygen atoms in total. The molecule has 1 unspecified atom stereocenters. The molecule has 3 N–H and O–H groups in total. The number of nitrogens with zero attached hydrogens (tertiary/aromatic N) is 2. The highest BCUT2D eigenvalue weighted by Crippen LogP contribution is 2.28. The third kappa shape index (κ3) is 2.59. The summed E-state index contributed by atoms with van der Waals surface area (Å²) in [6.07, 6.45) is 4.88. The maximum Gasteiger partial charge on any atom is 0.317 e. The maximum absolute atomic E-state index is 12.6. The Kier molecular flexibility index (Phi) is 4.44. The Morgan fingerprint density at radius 1 is 1.25 bits per heavy atom. The molecule has 2 saturated heterocycles. The molecule has 20 heavy (non-hydrogen) atoms. The minimum Gasteiger partial charge on any atom is -0.337 e. The average Bonchev–Trinajstić information content (AvgIpc) is 2.80. The van der Waals surface area contributed by atoms with Crippen LogP contribution in [0.2, 0.25) is 0 Å². The summed E-state index contributed by atoms with van der Waals surface area (Å²) in [5, 5.41) is 2.83. The topological polar surface area (TPSA) is 78.7 Å². The van der Waals surface area contributed by atoms with Crippen LogP contribution < -0.4 is 11.1 Å². The van der Waals surface area contributed by atoms with Gasteiger partial charge in [-0.3, -0.25) is 4.79 Å². The van der Waals surface area contributed by atoms with Crippen LogP contribution >= 0.6 is 12.4 Å². The fourth-order valence-corrected chi connectivity index (χ4v) is 3.50. The van der Waals surface area contributed by atoms with E-state index >= 15 is 0 Å². The number of piperazine rings is 1. The van der Waals surface area contributed by atoms with Gasteiger partial charge in [0.2, 0.25) is 5.91 Å². The monoisotopic (exact) mass is 302 g/mol. The minimum atomic E-state index is -0.656. The highest BCUT2D eigenvalue weighted by molar-refractivity contribution is 5.87. The molecule has 114 valence electrons. The third-order valence-electron chi connectivity index (χ3n) is 4.69. The summed E-state index contributed by atoms with van der Waals surface area (Å²) >= 11 is 0. The van der Waals surface area contributed by atoms with Crippen molar-refractivity contribution in [2.24, 2.45) is 5.73 Å². The van der Waals surface area contributed by atoms with Gasteiger partial charge in [-0.05, 0) is 12.8 Å². The number of hydrogen-bond donors (Lipinski definition) is 2. The van der Waals surface area contributed by atoms with Crippen molar-refractivity contribution in [1.82, 2.24) is 15.1 Å². The molecule has 1 aliphatic carbocycles. The molecular formula is C13H23ClN4O2. The Bertz CT molecular complexity index is 398. The van der Waals surface area contributed by atoms with E-state index in [0.717, 1.165) is 25.7 Å². The molecule has 3 rings (SSSR count). The van der Waals surface area contributed by atoms with Crippen molar-refractivity contribution in [1.29, 1.82) is 0 Å². The summed E-state index contributed by atoms with van der Waals surface area (Å²) in [6.45, 7) is 2.50. The first-order valence-electron chi connectivity index (χ1n) is 7.23. The summed E-state index contributed by atoms with van der Waals surface area (Å²) in [5.74, 6) is 0.0891. The van der Waals surface area contributed by atoms with Crippen LogP contribution in [0.3, 0.4) is 0 Å². The molecule has 0 aromatic carbocycles. The standard InChI is InChI=1S/C13H22N4O2.ClH/c14-13(4-2-1-3-5-13)11(18)16-6-7-17-10(9-16)8-15-12(17)19;/h10H,1-9,14H2,(H,15,19);1H. The van der Waals surface area contributed by atoms with Gasteiger partial charge >= 0.3 is 6.03 Å². The molecule has 3 aliphatic rings. The van der Waals surface area contributed by atoms with Gasteiger partial charge < -0.3 is 20.9 Å². The van der Waals surface area contributed by atoms with E-state index in [1.54, 1.807) is 0 Å². The average molecular weight is 303 g/mol. The molecule has 2 aliphatic heterocycles. The summed E-state index contributed by atoms with van der Waals surface area (Å²) in [5.41, 5.74) is 5.65. The summed E-state index contributed by atoms with van der Waals surface area (Å²) < 4.78 is 0. The number of rotatable bonds is 1. The second kappa shape index (κ2) is 5.77. The van der Waals surface area contributed by atoms with Crippen molar-refractivity contribution >= 4 is 24.3 Å². The summed E-state index contributed by atoms with van der Waals surface area (Å²) in [4.78, 5) is 27.9. The van der Waals surface area contributed by atoms with Crippen molar-refractivity contribution in [3.8, 4) is 0 Å². The van der Waals surface area contributed by atoms with Crippen LogP contribution in [0.1, 0.15) is 32.1 Å². The maximum atomic E-state index is 12.6. The first-order chi connectivity index (χ1) is 9.10. The summed E-state index contributed by atoms with van der Waals surface area (Å²) in [6, 6.07) is 0.120. The van der Waals surface area contributed by atoms with E-state index in [4.69, 9.17) is 5.73 Å². The van der Waals surface area contributed by atoms with Crippen molar-refractivity contribution in [3.05, 3.63) is 0 Å². The molecule has 0 bridgehead atoms. The Balaban J connectivity index is 0.00000147. The van der Waals surface area contributed by atoms with Crippen molar-refractivity contribution in [2.45, 2.75) is 43.7 Å². The van der Waals surface area contributed by atoms with E-state index in [1.165, 1.54) is 6.42 Å². The van der Waals surface area contributed by atoms with Gasteiger partial charge in [-0.2, -0.15) is 0 Å². The van der Waals surface area contributed by atoms with Crippen LogP contribution in [0.5, 0.6) is 0 Å². The highest BCUT2D eigenvalue weighted by atomic mass is 35.5. The number of hydrogen-bond acceptors (Lipinski definition) is 3. The molecule has 0 radical (unpaired) electrons. The van der Waals surface area contributed by atoms with Gasteiger partial charge in [-0.1, -0.05) is 19.3 Å². The molecule has 7 heteroatoms. The summed E-state index contributed by atoms with van der Waals surface area (Å²) in [7, 11) is 0. The van der Waals surface area contributed by atoms with E-state index in [0.29, 0.717) is 26.2 Å². The van der Waals surface area contributed by atoms with E-state index in [1.807, 2.05) is 9.80 Å². The van der Waals surface area contributed by atoms with Crippen LogP contribution in [0.4, 0.5) is 4.79 Å². The molecular weight excluding hydrogens is 280 g/mol. The van der Waals surface area contributed by atoms with Crippen molar-refractivity contribution in [2.75, 3.05) is 26.2 Å². The Morgan fingerprint density at radius 2 is 1.95 bits per heavy atom. The number of fused-ring (bicyclic) bond motifs is 1. The van der Waals surface area contributed by atoms with Gasteiger partial charge in [0, 0.05) is 26.2 Å². The van der Waals surface area contributed by atoms with Crippen molar-refractivity contribution in [3.63, 3.8) is 0 Å². The molecule has 0 spiro atoms. The number of nitrogens with two attached hydrogens (primary N) is 1. The number of carbonyl (C=O) groups excluding carboxylic acids is 2. The number of urea groups is 1. The number of carbonyl (C=O) groups is 2. The van der Waals surface area contributed by atoms with Gasteiger partial charge in [-0.15, -0.1) is 12.4 Å². The van der Waals surface area contributed by atoms with Crippen LogP contribution in [0, 0.1) is 0 Å². The van der Waals surface area contributed by atoms with Crippen LogP contribution in [0.15, 0.2) is 0 Å². The fourth-order valence-electron chi connectivity index (χ4n) is 3.50. The second-order valence-corrected chi connectivity index (χ2v) is 6.00. The lowest BCUT2D eigenvalue weighted by atomic mass is 9.81. The predicted molar refractivity (Wildman–Crippen MR) is 77.7 cm³/mol. The normalized spacial score (nSPS) is 28.4. The number of nitrogens with one attached hydrogen (secondary N) is 1. The first kappa shape index (κ1) is 15.4. The van der Waals surface area contributed by atoms with Gasteiger partial charge in [-0.25, -0.2) is 4.79 Å². The first-order valence-corrected chi connectivity index (χ1v) is 7.23. The smallest absolute Gasteiger partial charge is 0.317 e. The zero-order valence-electron chi connectivity index (χ0n) is 11.6. The quantitative estimate of drug-likeness (QED) is 0.731. The van der Waals surface area contributed by atoms with Gasteiger partial charge in [0.25, 0.3) is 0 Å².